The number of allylic oxidation sites excluding steroid dienone is 1. The predicted molar refractivity (Wildman–Crippen MR) is 107 cm³/mol. The van der Waals surface area contributed by atoms with Crippen LogP contribution >= 0.6 is 0 Å². The molecule has 0 saturated carbocycles. The number of para-hydroxylation sites is 2. The fraction of sp³-hybridized carbons (Fsp3) is 0.273. The van der Waals surface area contributed by atoms with Gasteiger partial charge >= 0.3 is 5.97 Å². The van der Waals surface area contributed by atoms with E-state index < -0.39 is 0 Å². The second-order valence-corrected chi connectivity index (χ2v) is 6.76. The van der Waals surface area contributed by atoms with Crippen molar-refractivity contribution in [2.45, 2.75) is 32.7 Å². The lowest BCUT2D eigenvalue weighted by molar-refractivity contribution is -0.139. The third-order valence-corrected chi connectivity index (χ3v) is 4.90. The number of ether oxygens (including phenoxy) is 1. The molecule has 0 radical (unpaired) electrons. The average Bonchev–Trinajstić information content (AvgIpc) is 3.05. The number of hydrogen-bond donors (Lipinski definition) is 1. The zero-order valence-corrected chi connectivity index (χ0v) is 15.6. The number of unbranched alkanes of at least 4 members (excludes halogenated alkanes) is 1. The zero-order valence-electron chi connectivity index (χ0n) is 15.6. The van der Waals surface area contributed by atoms with Crippen LogP contribution in [0.3, 0.4) is 0 Å². The normalized spacial score (nSPS) is 16.1. The van der Waals surface area contributed by atoms with Gasteiger partial charge in [0.25, 0.3) is 0 Å². The quantitative estimate of drug-likeness (QED) is 0.530. The van der Waals surface area contributed by atoms with Crippen LogP contribution in [0.15, 0.2) is 65.9 Å². The van der Waals surface area contributed by atoms with Crippen LogP contribution in [-0.4, -0.2) is 22.1 Å². The van der Waals surface area contributed by atoms with E-state index in [0.29, 0.717) is 12.2 Å². The molecule has 1 aromatic heterocycles. The Morgan fingerprint density at radius 1 is 1.15 bits per heavy atom. The number of rotatable bonds is 5. The maximum absolute atomic E-state index is 13.0. The van der Waals surface area contributed by atoms with Gasteiger partial charge < -0.3 is 10.1 Å². The van der Waals surface area contributed by atoms with Crippen molar-refractivity contribution in [1.29, 1.82) is 0 Å². The van der Waals surface area contributed by atoms with Gasteiger partial charge in [0.2, 0.25) is 5.95 Å². The molecule has 0 fully saturated rings. The summed E-state index contributed by atoms with van der Waals surface area (Å²) >= 11 is 0. The van der Waals surface area contributed by atoms with Gasteiger partial charge in [0.05, 0.1) is 29.3 Å². The van der Waals surface area contributed by atoms with Crippen LogP contribution < -0.4 is 5.32 Å². The molecule has 5 nitrogen and oxygen atoms in total. The van der Waals surface area contributed by atoms with E-state index in [0.717, 1.165) is 41.1 Å². The monoisotopic (exact) mass is 361 g/mol. The summed E-state index contributed by atoms with van der Waals surface area (Å²) in [4.78, 5) is 17.7. The zero-order chi connectivity index (χ0) is 18.8. The molecule has 1 aliphatic rings. The highest BCUT2D eigenvalue weighted by molar-refractivity contribution is 5.94. The topological polar surface area (TPSA) is 56.1 Å². The summed E-state index contributed by atoms with van der Waals surface area (Å²) in [7, 11) is 0. The highest BCUT2D eigenvalue weighted by atomic mass is 16.5. The Morgan fingerprint density at radius 3 is 2.67 bits per heavy atom. The molecular weight excluding hydrogens is 338 g/mol. The van der Waals surface area contributed by atoms with E-state index in [1.807, 2.05) is 61.5 Å². The van der Waals surface area contributed by atoms with Crippen molar-refractivity contribution in [2.75, 3.05) is 11.9 Å². The average molecular weight is 361 g/mol. The summed E-state index contributed by atoms with van der Waals surface area (Å²) in [5.41, 5.74) is 4.33. The SMILES string of the molecule is CCCCOC(=O)C1=C(C)Nc2nc3ccccc3n2[C@@H]1c1ccccc1. The Morgan fingerprint density at radius 2 is 1.89 bits per heavy atom. The molecule has 0 spiro atoms. The van der Waals surface area contributed by atoms with Gasteiger partial charge in [0.15, 0.2) is 0 Å². The predicted octanol–water partition coefficient (Wildman–Crippen LogP) is 4.67. The minimum atomic E-state index is -0.274. The molecular formula is C22H23N3O2. The number of benzene rings is 2. The molecule has 0 saturated heterocycles. The summed E-state index contributed by atoms with van der Waals surface area (Å²) in [5, 5.41) is 3.30. The van der Waals surface area contributed by atoms with Crippen molar-refractivity contribution in [3.63, 3.8) is 0 Å². The second kappa shape index (κ2) is 7.27. The third kappa shape index (κ3) is 3.10. The minimum Gasteiger partial charge on any atom is -0.462 e. The highest BCUT2D eigenvalue weighted by Gasteiger charge is 2.34. The molecule has 4 rings (SSSR count). The maximum Gasteiger partial charge on any atom is 0.338 e. The van der Waals surface area contributed by atoms with Crippen molar-refractivity contribution >= 4 is 23.0 Å². The summed E-state index contributed by atoms with van der Waals surface area (Å²) < 4.78 is 7.67. The number of carbonyl (C=O) groups is 1. The minimum absolute atomic E-state index is 0.272. The van der Waals surface area contributed by atoms with Crippen LogP contribution in [-0.2, 0) is 9.53 Å². The standard InChI is InChI=1S/C22H23N3O2/c1-3-4-14-27-21(26)19-15(2)23-22-24-17-12-8-9-13-18(17)25(22)20(19)16-10-6-5-7-11-16/h5-13,20H,3-4,14H2,1-2H3,(H,23,24)/t20-/m1/s1. The van der Waals surface area contributed by atoms with E-state index in [4.69, 9.17) is 9.72 Å². The van der Waals surface area contributed by atoms with Crippen molar-refractivity contribution in [3.05, 3.63) is 71.4 Å². The number of aromatic nitrogens is 2. The maximum atomic E-state index is 13.0. The van der Waals surface area contributed by atoms with Gasteiger partial charge in [-0.2, -0.15) is 0 Å². The van der Waals surface area contributed by atoms with Crippen molar-refractivity contribution < 1.29 is 9.53 Å². The molecule has 2 aromatic carbocycles. The molecule has 0 unspecified atom stereocenters. The van der Waals surface area contributed by atoms with Crippen molar-refractivity contribution in [3.8, 4) is 0 Å². The molecule has 0 aliphatic carbocycles. The van der Waals surface area contributed by atoms with Gasteiger partial charge in [-0.15, -0.1) is 0 Å². The van der Waals surface area contributed by atoms with Crippen LogP contribution in [0, 0.1) is 0 Å². The first kappa shape index (κ1) is 17.3. The molecule has 1 aliphatic heterocycles. The highest BCUT2D eigenvalue weighted by Crippen LogP contribution is 2.39. The van der Waals surface area contributed by atoms with Crippen LogP contribution in [0.25, 0.3) is 11.0 Å². The van der Waals surface area contributed by atoms with Gasteiger partial charge in [-0.1, -0.05) is 55.8 Å². The summed E-state index contributed by atoms with van der Waals surface area (Å²) in [6.45, 7) is 4.43. The molecule has 138 valence electrons. The number of hydrogen-bond acceptors (Lipinski definition) is 4. The molecule has 2 heterocycles. The Kier molecular flexibility index (Phi) is 4.67. The number of nitrogens with one attached hydrogen (secondary N) is 1. The van der Waals surface area contributed by atoms with Crippen LogP contribution in [0.5, 0.6) is 0 Å². The first-order valence-electron chi connectivity index (χ1n) is 9.37. The first-order valence-corrected chi connectivity index (χ1v) is 9.37. The molecule has 0 bridgehead atoms. The molecule has 0 amide bonds. The first-order chi connectivity index (χ1) is 13.2. The fourth-order valence-corrected chi connectivity index (χ4v) is 3.57. The smallest absolute Gasteiger partial charge is 0.338 e. The lowest BCUT2D eigenvalue weighted by Gasteiger charge is -2.30. The van der Waals surface area contributed by atoms with E-state index in [-0.39, 0.29) is 12.0 Å². The molecule has 1 atom stereocenters. The van der Waals surface area contributed by atoms with Crippen LogP contribution in [0.4, 0.5) is 5.95 Å². The third-order valence-electron chi connectivity index (χ3n) is 4.90. The Bertz CT molecular complexity index is 1000. The lowest BCUT2D eigenvalue weighted by atomic mass is 9.95. The van der Waals surface area contributed by atoms with Gasteiger partial charge in [-0.3, -0.25) is 4.57 Å². The van der Waals surface area contributed by atoms with E-state index in [1.165, 1.54) is 0 Å². The van der Waals surface area contributed by atoms with Gasteiger partial charge in [-0.05, 0) is 31.0 Å². The summed E-state index contributed by atoms with van der Waals surface area (Å²) in [6, 6.07) is 17.8. The van der Waals surface area contributed by atoms with Gasteiger partial charge in [0.1, 0.15) is 0 Å². The second-order valence-electron chi connectivity index (χ2n) is 6.76. The van der Waals surface area contributed by atoms with Crippen molar-refractivity contribution in [1.82, 2.24) is 9.55 Å². The lowest BCUT2D eigenvalue weighted by Crippen LogP contribution is -2.29. The number of fused-ring (bicyclic) bond motifs is 3. The molecule has 1 N–H and O–H groups in total. The number of anilines is 1. The summed E-state index contributed by atoms with van der Waals surface area (Å²) in [5.74, 6) is 0.471. The van der Waals surface area contributed by atoms with Crippen molar-refractivity contribution in [2.24, 2.45) is 0 Å². The Balaban J connectivity index is 1.86. The molecule has 3 aromatic rings. The summed E-state index contributed by atoms with van der Waals surface area (Å²) in [6.07, 6.45) is 1.85. The molecule has 5 heteroatoms. The van der Waals surface area contributed by atoms with E-state index >= 15 is 0 Å². The van der Waals surface area contributed by atoms with E-state index in [1.54, 1.807) is 0 Å². The van der Waals surface area contributed by atoms with Crippen LogP contribution in [0.2, 0.25) is 0 Å². The molecule has 27 heavy (non-hydrogen) atoms. The fourth-order valence-electron chi connectivity index (χ4n) is 3.57. The Hall–Kier alpha value is -3.08. The van der Waals surface area contributed by atoms with E-state index in [2.05, 4.69) is 16.8 Å². The van der Waals surface area contributed by atoms with Gasteiger partial charge in [0, 0.05) is 5.70 Å². The van der Waals surface area contributed by atoms with Gasteiger partial charge in [-0.25, -0.2) is 9.78 Å². The number of carbonyl (C=O) groups excluding carboxylic acids is 1. The van der Waals surface area contributed by atoms with E-state index in [9.17, 15) is 4.79 Å². The van der Waals surface area contributed by atoms with Crippen LogP contribution in [0.1, 0.15) is 38.3 Å². The number of esters is 1. The largest absolute Gasteiger partial charge is 0.462 e. The number of imidazole rings is 1. The number of nitrogens with zero attached hydrogens (tertiary/aromatic N) is 2. The Labute approximate surface area is 158 Å².